The monoisotopic (exact) mass is 270 g/mol. The minimum atomic E-state index is -0.150. The number of nitrogens with one attached hydrogen (secondary N) is 2. The second kappa shape index (κ2) is 7.23. The largest absolute Gasteiger partial charge is 0.385 e. The standard InChI is InChI=1S/C15H18N4O/c1-2-17-15(20)14-10-13(6-9-19-14)18-8-5-12-4-3-7-16-11-12/h3-4,6-7,9-11H,2,5,8H2,1H3,(H,17,20)(H,18,19). The van der Waals surface area contributed by atoms with Gasteiger partial charge in [0.1, 0.15) is 5.69 Å². The summed E-state index contributed by atoms with van der Waals surface area (Å²) >= 11 is 0. The number of nitrogens with zero attached hydrogens (tertiary/aromatic N) is 2. The summed E-state index contributed by atoms with van der Waals surface area (Å²) in [6.07, 6.45) is 6.14. The zero-order valence-corrected chi connectivity index (χ0v) is 11.5. The summed E-state index contributed by atoms with van der Waals surface area (Å²) in [6, 6.07) is 7.58. The zero-order valence-electron chi connectivity index (χ0n) is 11.5. The molecular weight excluding hydrogens is 252 g/mol. The van der Waals surface area contributed by atoms with Crippen molar-refractivity contribution in [2.75, 3.05) is 18.4 Å². The molecule has 0 radical (unpaired) electrons. The van der Waals surface area contributed by atoms with Gasteiger partial charge >= 0.3 is 0 Å². The van der Waals surface area contributed by atoms with E-state index >= 15 is 0 Å². The van der Waals surface area contributed by atoms with Crippen LogP contribution in [0, 0.1) is 0 Å². The summed E-state index contributed by atoms with van der Waals surface area (Å²) < 4.78 is 0. The van der Waals surface area contributed by atoms with E-state index in [1.54, 1.807) is 18.5 Å². The van der Waals surface area contributed by atoms with Gasteiger partial charge in [0.2, 0.25) is 0 Å². The van der Waals surface area contributed by atoms with Crippen molar-refractivity contribution in [2.45, 2.75) is 13.3 Å². The zero-order chi connectivity index (χ0) is 14.2. The maximum absolute atomic E-state index is 11.7. The molecule has 1 amide bonds. The molecular formula is C15H18N4O. The lowest BCUT2D eigenvalue weighted by Crippen LogP contribution is -2.23. The maximum Gasteiger partial charge on any atom is 0.269 e. The molecule has 104 valence electrons. The quantitative estimate of drug-likeness (QED) is 0.841. The van der Waals surface area contributed by atoms with Crippen LogP contribution in [0.1, 0.15) is 23.0 Å². The van der Waals surface area contributed by atoms with Crippen molar-refractivity contribution in [2.24, 2.45) is 0 Å². The van der Waals surface area contributed by atoms with E-state index in [-0.39, 0.29) is 5.91 Å². The first-order chi connectivity index (χ1) is 9.79. The lowest BCUT2D eigenvalue weighted by atomic mass is 10.2. The van der Waals surface area contributed by atoms with Crippen molar-refractivity contribution in [1.82, 2.24) is 15.3 Å². The van der Waals surface area contributed by atoms with Crippen LogP contribution >= 0.6 is 0 Å². The van der Waals surface area contributed by atoms with Crippen LogP contribution in [0.5, 0.6) is 0 Å². The summed E-state index contributed by atoms with van der Waals surface area (Å²) in [5.74, 6) is -0.150. The molecule has 20 heavy (non-hydrogen) atoms. The van der Waals surface area contributed by atoms with Gasteiger partial charge in [-0.2, -0.15) is 0 Å². The number of anilines is 1. The highest BCUT2D eigenvalue weighted by Crippen LogP contribution is 2.08. The molecule has 2 N–H and O–H groups in total. The maximum atomic E-state index is 11.7. The number of carbonyl (C=O) groups excluding carboxylic acids is 1. The summed E-state index contributed by atoms with van der Waals surface area (Å²) in [4.78, 5) is 19.8. The van der Waals surface area contributed by atoms with E-state index in [1.807, 2.05) is 31.3 Å². The Hall–Kier alpha value is -2.43. The van der Waals surface area contributed by atoms with Crippen molar-refractivity contribution in [1.29, 1.82) is 0 Å². The van der Waals surface area contributed by atoms with Gasteiger partial charge in [0.25, 0.3) is 5.91 Å². The highest BCUT2D eigenvalue weighted by Gasteiger charge is 2.06. The topological polar surface area (TPSA) is 66.9 Å². The van der Waals surface area contributed by atoms with Gasteiger partial charge in [-0.3, -0.25) is 14.8 Å². The normalized spacial score (nSPS) is 10.1. The Balaban J connectivity index is 1.90. The van der Waals surface area contributed by atoms with Gasteiger partial charge in [0.15, 0.2) is 0 Å². The van der Waals surface area contributed by atoms with Crippen LogP contribution in [0.15, 0.2) is 42.9 Å². The molecule has 5 nitrogen and oxygen atoms in total. The molecule has 2 rings (SSSR count). The Morgan fingerprint density at radius 1 is 1.30 bits per heavy atom. The first kappa shape index (κ1) is 14.0. The van der Waals surface area contributed by atoms with Crippen molar-refractivity contribution in [3.63, 3.8) is 0 Å². The number of hydrogen-bond donors (Lipinski definition) is 2. The number of aromatic nitrogens is 2. The molecule has 2 aromatic heterocycles. The molecule has 0 saturated carbocycles. The molecule has 0 fully saturated rings. The van der Waals surface area contributed by atoms with Crippen molar-refractivity contribution < 1.29 is 4.79 Å². The Bertz CT molecular complexity index is 557. The molecule has 0 aliphatic heterocycles. The van der Waals surface area contributed by atoms with Gasteiger partial charge in [-0.1, -0.05) is 6.07 Å². The minimum Gasteiger partial charge on any atom is -0.385 e. The molecule has 0 aliphatic carbocycles. The highest BCUT2D eigenvalue weighted by molar-refractivity contribution is 5.93. The van der Waals surface area contributed by atoms with E-state index in [9.17, 15) is 4.79 Å². The van der Waals surface area contributed by atoms with E-state index in [1.165, 1.54) is 5.56 Å². The van der Waals surface area contributed by atoms with E-state index in [2.05, 4.69) is 20.6 Å². The first-order valence-corrected chi connectivity index (χ1v) is 6.66. The SMILES string of the molecule is CCNC(=O)c1cc(NCCc2cccnc2)ccn1. The molecule has 0 aliphatic rings. The van der Waals surface area contributed by atoms with Gasteiger partial charge in [0, 0.05) is 37.4 Å². The molecule has 2 heterocycles. The van der Waals surface area contributed by atoms with E-state index in [0.29, 0.717) is 12.2 Å². The lowest BCUT2D eigenvalue weighted by Gasteiger charge is -2.08. The van der Waals surface area contributed by atoms with Crippen molar-refractivity contribution in [3.05, 3.63) is 54.1 Å². The number of rotatable bonds is 6. The fraction of sp³-hybridized carbons (Fsp3) is 0.267. The highest BCUT2D eigenvalue weighted by atomic mass is 16.1. The van der Waals surface area contributed by atoms with Gasteiger partial charge in [0.05, 0.1) is 0 Å². The third-order valence-corrected chi connectivity index (χ3v) is 2.80. The fourth-order valence-electron chi connectivity index (χ4n) is 1.81. The fourth-order valence-corrected chi connectivity index (χ4v) is 1.81. The van der Waals surface area contributed by atoms with Gasteiger partial charge < -0.3 is 10.6 Å². The molecule has 0 unspecified atom stereocenters. The molecule has 0 saturated heterocycles. The summed E-state index contributed by atoms with van der Waals surface area (Å²) in [5.41, 5.74) is 2.50. The number of hydrogen-bond acceptors (Lipinski definition) is 4. The Morgan fingerprint density at radius 2 is 2.20 bits per heavy atom. The smallest absolute Gasteiger partial charge is 0.269 e. The van der Waals surface area contributed by atoms with Gasteiger partial charge in [-0.25, -0.2) is 0 Å². The molecule has 0 atom stereocenters. The summed E-state index contributed by atoms with van der Waals surface area (Å²) in [5, 5.41) is 6.02. The van der Waals surface area contributed by atoms with Crippen molar-refractivity contribution >= 4 is 11.6 Å². The molecule has 5 heteroatoms. The predicted molar refractivity (Wildman–Crippen MR) is 78.7 cm³/mol. The predicted octanol–water partition coefficient (Wildman–Crippen LogP) is 1.88. The Kier molecular flexibility index (Phi) is 5.06. The van der Waals surface area contributed by atoms with E-state index in [0.717, 1.165) is 18.7 Å². The van der Waals surface area contributed by atoms with Crippen LogP contribution in [0.4, 0.5) is 5.69 Å². The number of pyridine rings is 2. The first-order valence-electron chi connectivity index (χ1n) is 6.66. The minimum absolute atomic E-state index is 0.150. The lowest BCUT2D eigenvalue weighted by molar-refractivity contribution is 0.0951. The van der Waals surface area contributed by atoms with Crippen LogP contribution < -0.4 is 10.6 Å². The van der Waals surface area contributed by atoms with E-state index in [4.69, 9.17) is 0 Å². The molecule has 0 spiro atoms. The van der Waals surface area contributed by atoms with Crippen molar-refractivity contribution in [3.8, 4) is 0 Å². The molecule has 2 aromatic rings. The number of carbonyl (C=O) groups is 1. The third-order valence-electron chi connectivity index (χ3n) is 2.80. The molecule has 0 aromatic carbocycles. The van der Waals surface area contributed by atoms with Crippen LogP contribution in [-0.4, -0.2) is 29.0 Å². The van der Waals surface area contributed by atoms with Gasteiger partial charge in [-0.15, -0.1) is 0 Å². The average molecular weight is 270 g/mol. The Labute approximate surface area is 118 Å². The Morgan fingerprint density at radius 3 is 2.95 bits per heavy atom. The second-order valence-electron chi connectivity index (χ2n) is 4.33. The van der Waals surface area contributed by atoms with E-state index < -0.39 is 0 Å². The third kappa shape index (κ3) is 4.05. The average Bonchev–Trinajstić information content (AvgIpc) is 2.49. The number of amides is 1. The second-order valence-corrected chi connectivity index (χ2v) is 4.33. The van der Waals surface area contributed by atoms with Crippen LogP contribution in [0.25, 0.3) is 0 Å². The van der Waals surface area contributed by atoms with Crippen LogP contribution in [0.2, 0.25) is 0 Å². The van der Waals surface area contributed by atoms with Crippen LogP contribution in [-0.2, 0) is 6.42 Å². The van der Waals surface area contributed by atoms with Crippen LogP contribution in [0.3, 0.4) is 0 Å². The summed E-state index contributed by atoms with van der Waals surface area (Å²) in [6.45, 7) is 3.26. The summed E-state index contributed by atoms with van der Waals surface area (Å²) in [7, 11) is 0. The van der Waals surface area contributed by atoms with Gasteiger partial charge in [-0.05, 0) is 37.1 Å². The molecule has 0 bridgehead atoms.